The van der Waals surface area contributed by atoms with Gasteiger partial charge in [0.2, 0.25) is 10.0 Å². The molecule has 1 atom stereocenters. The van der Waals surface area contributed by atoms with Crippen LogP contribution in [0.4, 0.5) is 0 Å². The van der Waals surface area contributed by atoms with E-state index in [4.69, 9.17) is 4.74 Å². The lowest BCUT2D eigenvalue weighted by Crippen LogP contribution is -2.41. The number of carbonyl (C=O) groups excluding carboxylic acids is 1. The molecule has 4 aromatic rings. The number of carbonyl (C=O) groups is 1. The SMILES string of the molecule is Cc1ccc(S(=O)(=O)N2CCc3ccccc3C2CC(=O)OCn2nnc3ccccc3c2=O)cc1. The van der Waals surface area contributed by atoms with Gasteiger partial charge in [0.1, 0.15) is 5.52 Å². The number of rotatable bonds is 6. The van der Waals surface area contributed by atoms with Crippen molar-refractivity contribution in [3.05, 3.63) is 99.8 Å². The van der Waals surface area contributed by atoms with Crippen LogP contribution in [0.1, 0.15) is 29.2 Å². The molecule has 0 bridgehead atoms. The first kappa shape index (κ1) is 23.8. The normalized spacial score (nSPS) is 16.0. The molecule has 0 fully saturated rings. The van der Waals surface area contributed by atoms with Gasteiger partial charge >= 0.3 is 5.97 Å². The lowest BCUT2D eigenvalue weighted by Gasteiger charge is -2.36. The van der Waals surface area contributed by atoms with Crippen LogP contribution in [0.2, 0.25) is 0 Å². The van der Waals surface area contributed by atoms with E-state index in [9.17, 15) is 18.0 Å². The number of hydrogen-bond acceptors (Lipinski definition) is 7. The van der Waals surface area contributed by atoms with Gasteiger partial charge in [-0.3, -0.25) is 9.59 Å². The molecule has 0 saturated carbocycles. The highest BCUT2D eigenvalue weighted by atomic mass is 32.2. The third-order valence-electron chi connectivity index (χ3n) is 6.33. The summed E-state index contributed by atoms with van der Waals surface area (Å²) < 4.78 is 34.8. The number of esters is 1. The summed E-state index contributed by atoms with van der Waals surface area (Å²) in [4.78, 5) is 25.7. The van der Waals surface area contributed by atoms with E-state index in [-0.39, 0.29) is 17.9 Å². The number of sulfonamides is 1. The first-order valence-corrected chi connectivity index (χ1v) is 12.9. The van der Waals surface area contributed by atoms with Crippen molar-refractivity contribution in [2.45, 2.75) is 37.4 Å². The van der Waals surface area contributed by atoms with E-state index in [0.717, 1.165) is 21.4 Å². The highest BCUT2D eigenvalue weighted by Gasteiger charge is 2.37. The number of nitrogens with zero attached hydrogens (tertiary/aromatic N) is 4. The second kappa shape index (κ2) is 9.63. The molecule has 1 unspecified atom stereocenters. The molecule has 9 nitrogen and oxygen atoms in total. The van der Waals surface area contributed by atoms with Gasteiger partial charge in [-0.15, -0.1) is 5.10 Å². The average Bonchev–Trinajstić information content (AvgIpc) is 2.89. The zero-order valence-corrected chi connectivity index (χ0v) is 20.4. The zero-order valence-electron chi connectivity index (χ0n) is 19.6. The van der Waals surface area contributed by atoms with Crippen LogP contribution in [0.3, 0.4) is 0 Å². The minimum Gasteiger partial charge on any atom is -0.442 e. The second-order valence-electron chi connectivity index (χ2n) is 8.65. The number of hydrogen-bond donors (Lipinski definition) is 0. The standard InChI is InChI=1S/C26H24N4O5S/c1-18-10-12-20(13-11-18)36(33,34)30-15-14-19-6-2-3-7-21(19)24(30)16-25(31)35-17-29-26(32)22-8-4-5-9-23(22)27-28-29/h2-13,24H,14-17H2,1H3. The Bertz CT molecular complexity index is 1600. The van der Waals surface area contributed by atoms with Gasteiger partial charge in [0.25, 0.3) is 5.56 Å². The van der Waals surface area contributed by atoms with Gasteiger partial charge in [-0.1, -0.05) is 59.3 Å². The molecule has 0 spiro atoms. The first-order chi connectivity index (χ1) is 17.3. The molecule has 1 aliphatic heterocycles. The Labute approximate surface area is 208 Å². The minimum atomic E-state index is -3.87. The van der Waals surface area contributed by atoms with Gasteiger partial charge in [-0.2, -0.15) is 8.99 Å². The lowest BCUT2D eigenvalue weighted by atomic mass is 9.92. The molecule has 184 valence electrons. The van der Waals surface area contributed by atoms with E-state index in [1.54, 1.807) is 48.5 Å². The molecule has 36 heavy (non-hydrogen) atoms. The Kier molecular flexibility index (Phi) is 6.38. The van der Waals surface area contributed by atoms with Crippen LogP contribution in [0, 0.1) is 6.92 Å². The molecule has 1 aromatic heterocycles. The number of benzene rings is 3. The molecule has 2 heterocycles. The monoisotopic (exact) mass is 504 g/mol. The summed E-state index contributed by atoms with van der Waals surface area (Å²) in [6.45, 7) is 1.70. The van der Waals surface area contributed by atoms with Crippen LogP contribution in [0.5, 0.6) is 0 Å². The quantitative estimate of drug-likeness (QED) is 0.371. The fraction of sp³-hybridized carbons (Fsp3) is 0.231. The zero-order chi connectivity index (χ0) is 25.3. The van der Waals surface area contributed by atoms with Crippen molar-refractivity contribution >= 4 is 26.9 Å². The van der Waals surface area contributed by atoms with Crippen molar-refractivity contribution in [1.29, 1.82) is 0 Å². The van der Waals surface area contributed by atoms with E-state index in [1.165, 1.54) is 4.31 Å². The maximum absolute atomic E-state index is 13.6. The van der Waals surface area contributed by atoms with Gasteiger partial charge in [-0.05, 0) is 48.7 Å². The van der Waals surface area contributed by atoms with Crippen LogP contribution < -0.4 is 5.56 Å². The van der Waals surface area contributed by atoms with Crippen molar-refractivity contribution in [3.63, 3.8) is 0 Å². The number of fused-ring (bicyclic) bond motifs is 2. The van der Waals surface area contributed by atoms with Crippen LogP contribution >= 0.6 is 0 Å². The molecular formula is C26H24N4O5S. The number of aryl methyl sites for hydroxylation is 1. The summed E-state index contributed by atoms with van der Waals surface area (Å²) in [6, 6.07) is 20.1. The molecular weight excluding hydrogens is 480 g/mol. The fourth-order valence-corrected chi connectivity index (χ4v) is 6.04. The molecule has 10 heteroatoms. The number of ether oxygens (including phenoxy) is 1. The Balaban J connectivity index is 1.40. The molecule has 3 aromatic carbocycles. The predicted molar refractivity (Wildman–Crippen MR) is 132 cm³/mol. The maximum Gasteiger partial charge on any atom is 0.309 e. The third kappa shape index (κ3) is 4.52. The first-order valence-electron chi connectivity index (χ1n) is 11.5. The highest BCUT2D eigenvalue weighted by Crippen LogP contribution is 2.36. The Morgan fingerprint density at radius 3 is 2.56 bits per heavy atom. The lowest BCUT2D eigenvalue weighted by molar-refractivity contribution is -0.149. The largest absolute Gasteiger partial charge is 0.442 e. The van der Waals surface area contributed by atoms with Crippen LogP contribution in [0.15, 0.2) is 82.5 Å². The number of aromatic nitrogens is 3. The summed E-state index contributed by atoms with van der Waals surface area (Å²) >= 11 is 0. The van der Waals surface area contributed by atoms with Gasteiger partial charge < -0.3 is 4.74 Å². The third-order valence-corrected chi connectivity index (χ3v) is 8.25. The van der Waals surface area contributed by atoms with Crippen molar-refractivity contribution in [3.8, 4) is 0 Å². The molecule has 5 rings (SSSR count). The summed E-state index contributed by atoms with van der Waals surface area (Å²) in [5.74, 6) is -0.650. The van der Waals surface area contributed by atoms with Crippen LogP contribution in [-0.2, 0) is 32.7 Å². The van der Waals surface area contributed by atoms with Crippen molar-refractivity contribution < 1.29 is 17.9 Å². The Morgan fingerprint density at radius 1 is 1.03 bits per heavy atom. The van der Waals surface area contributed by atoms with Crippen LogP contribution in [0.25, 0.3) is 10.9 Å². The van der Waals surface area contributed by atoms with Crippen molar-refractivity contribution in [1.82, 2.24) is 19.3 Å². The summed E-state index contributed by atoms with van der Waals surface area (Å²) in [5, 5.41) is 8.18. The maximum atomic E-state index is 13.6. The average molecular weight is 505 g/mol. The topological polar surface area (TPSA) is 111 Å². The Morgan fingerprint density at radius 2 is 1.75 bits per heavy atom. The van der Waals surface area contributed by atoms with E-state index in [0.29, 0.717) is 17.3 Å². The minimum absolute atomic E-state index is 0.170. The Hall–Kier alpha value is -3.89. The molecule has 0 saturated heterocycles. The smallest absolute Gasteiger partial charge is 0.309 e. The summed E-state index contributed by atoms with van der Waals surface area (Å²) in [7, 11) is -3.87. The summed E-state index contributed by atoms with van der Waals surface area (Å²) in [6.07, 6.45) is 0.326. The fourth-order valence-electron chi connectivity index (χ4n) is 4.43. The molecule has 0 N–H and O–H groups in total. The van der Waals surface area contributed by atoms with Crippen molar-refractivity contribution in [2.24, 2.45) is 0 Å². The van der Waals surface area contributed by atoms with Gasteiger partial charge in [-0.25, -0.2) is 8.42 Å². The molecule has 1 aliphatic rings. The van der Waals surface area contributed by atoms with Gasteiger partial charge in [0, 0.05) is 6.54 Å². The van der Waals surface area contributed by atoms with Crippen molar-refractivity contribution in [2.75, 3.05) is 6.54 Å². The van der Waals surface area contributed by atoms with Gasteiger partial charge in [0.15, 0.2) is 6.73 Å². The molecule has 0 radical (unpaired) electrons. The highest BCUT2D eigenvalue weighted by molar-refractivity contribution is 7.89. The van der Waals surface area contributed by atoms with E-state index in [2.05, 4.69) is 10.3 Å². The van der Waals surface area contributed by atoms with Crippen LogP contribution in [-0.4, -0.2) is 40.2 Å². The van der Waals surface area contributed by atoms with E-state index < -0.39 is 34.3 Å². The molecule has 0 aliphatic carbocycles. The second-order valence-corrected chi connectivity index (χ2v) is 10.5. The summed E-state index contributed by atoms with van der Waals surface area (Å²) in [5.41, 5.74) is 2.72. The van der Waals surface area contributed by atoms with Gasteiger partial charge in [0.05, 0.1) is 22.7 Å². The molecule has 0 amide bonds. The van der Waals surface area contributed by atoms with E-state index in [1.807, 2.05) is 31.2 Å². The predicted octanol–water partition coefficient (Wildman–Crippen LogP) is 2.98. The van der Waals surface area contributed by atoms with E-state index >= 15 is 0 Å².